The highest BCUT2D eigenvalue weighted by atomic mass is 16.6. The molecule has 11 nitrogen and oxygen atoms in total. The van der Waals surface area contributed by atoms with E-state index in [2.05, 4.69) is 16.2 Å². The first-order chi connectivity index (χ1) is 17.0. The Morgan fingerprint density at radius 3 is 2.66 bits per heavy atom. The van der Waals surface area contributed by atoms with Crippen LogP contribution in [0.4, 0.5) is 5.69 Å². The highest BCUT2D eigenvalue weighted by molar-refractivity contribution is 6.08. The number of aryl methyl sites for hydroxylation is 1. The lowest BCUT2D eigenvalue weighted by molar-refractivity contribution is -0.384. The maximum atomic E-state index is 13.2. The fourth-order valence-electron chi connectivity index (χ4n) is 4.10. The van der Waals surface area contributed by atoms with Crippen LogP contribution < -0.4 is 5.56 Å². The molecule has 0 amide bonds. The van der Waals surface area contributed by atoms with Crippen LogP contribution in [0.5, 0.6) is 0 Å². The molecule has 0 radical (unpaired) electrons. The minimum Gasteiger partial charge on any atom is -0.346 e. The molecule has 3 heterocycles. The zero-order valence-electron chi connectivity index (χ0n) is 18.2. The fraction of sp³-hybridized carbons (Fsp3) is 0.125. The minimum absolute atomic E-state index is 0.134. The first kappa shape index (κ1) is 21.7. The van der Waals surface area contributed by atoms with Crippen molar-refractivity contribution >= 4 is 33.4 Å². The van der Waals surface area contributed by atoms with E-state index in [-0.39, 0.29) is 34.7 Å². The minimum atomic E-state index is -0.532. The predicted octanol–water partition coefficient (Wildman–Crippen LogP) is 3.24. The van der Waals surface area contributed by atoms with Gasteiger partial charge >= 0.3 is 0 Å². The van der Waals surface area contributed by atoms with Crippen LogP contribution in [0.1, 0.15) is 16.8 Å². The van der Waals surface area contributed by atoms with Gasteiger partial charge in [0.2, 0.25) is 0 Å². The summed E-state index contributed by atoms with van der Waals surface area (Å²) in [5.74, 6) is -0.286. The SMILES string of the molecule is N#CCCn1cc(C(=O)Cn2cnc3c(cnn3-c3ccccc3[N+](=O)[O-])c2=O)c2ccccc21. The number of nitro benzene ring substituents is 1. The van der Waals surface area contributed by atoms with Gasteiger partial charge in [-0.25, -0.2) is 9.67 Å². The second-order valence-corrected chi connectivity index (χ2v) is 7.80. The number of hydrogen-bond acceptors (Lipinski definition) is 7. The number of hydrogen-bond donors (Lipinski definition) is 0. The molecule has 0 atom stereocenters. The van der Waals surface area contributed by atoms with Crippen LogP contribution in [0.3, 0.4) is 0 Å². The molecule has 172 valence electrons. The number of ketones is 1. The number of fused-ring (bicyclic) bond motifs is 2. The zero-order chi connectivity index (χ0) is 24.5. The highest BCUT2D eigenvalue weighted by Crippen LogP contribution is 2.25. The molecule has 0 bridgehead atoms. The van der Waals surface area contributed by atoms with Gasteiger partial charge in [0.1, 0.15) is 17.4 Å². The van der Waals surface area contributed by atoms with E-state index < -0.39 is 10.5 Å². The summed E-state index contributed by atoms with van der Waals surface area (Å²) in [6.07, 6.45) is 4.53. The smallest absolute Gasteiger partial charge is 0.294 e. The third-order valence-electron chi connectivity index (χ3n) is 5.73. The Balaban J connectivity index is 1.52. The summed E-state index contributed by atoms with van der Waals surface area (Å²) in [5.41, 5.74) is 0.950. The first-order valence-corrected chi connectivity index (χ1v) is 10.6. The van der Waals surface area contributed by atoms with Crippen molar-refractivity contribution in [2.75, 3.05) is 0 Å². The Hall–Kier alpha value is -5.11. The van der Waals surface area contributed by atoms with Gasteiger partial charge < -0.3 is 4.57 Å². The molecule has 5 aromatic rings. The highest BCUT2D eigenvalue weighted by Gasteiger charge is 2.21. The van der Waals surface area contributed by atoms with Crippen LogP contribution in [0.2, 0.25) is 0 Å². The summed E-state index contributed by atoms with van der Waals surface area (Å²) >= 11 is 0. The van der Waals surface area contributed by atoms with E-state index in [1.807, 2.05) is 28.8 Å². The number of carbonyl (C=O) groups is 1. The quantitative estimate of drug-likeness (QED) is 0.203. The molecule has 0 N–H and O–H groups in total. The van der Waals surface area contributed by atoms with Gasteiger partial charge in [0.05, 0.1) is 30.2 Å². The van der Waals surface area contributed by atoms with Crippen molar-refractivity contribution in [2.45, 2.75) is 19.5 Å². The van der Waals surface area contributed by atoms with Crippen LogP contribution in [0, 0.1) is 21.4 Å². The lowest BCUT2D eigenvalue weighted by atomic mass is 10.1. The number of para-hydroxylation sites is 3. The Kier molecular flexibility index (Phi) is 5.39. The number of carbonyl (C=O) groups excluding carboxylic acids is 1. The number of aromatic nitrogens is 5. The van der Waals surface area contributed by atoms with Gasteiger partial charge in [0.15, 0.2) is 11.4 Å². The average Bonchev–Trinajstić information content (AvgIpc) is 3.47. The number of nitriles is 1. The van der Waals surface area contributed by atoms with E-state index in [0.717, 1.165) is 10.9 Å². The third kappa shape index (κ3) is 3.72. The molecule has 0 aliphatic carbocycles. The van der Waals surface area contributed by atoms with E-state index in [1.165, 1.54) is 40.0 Å². The van der Waals surface area contributed by atoms with E-state index in [9.17, 15) is 19.7 Å². The summed E-state index contributed by atoms with van der Waals surface area (Å²) in [6, 6.07) is 15.5. The lowest BCUT2D eigenvalue weighted by Crippen LogP contribution is -2.24. The Labute approximate surface area is 197 Å². The van der Waals surface area contributed by atoms with E-state index in [0.29, 0.717) is 18.5 Å². The Bertz CT molecular complexity index is 1720. The van der Waals surface area contributed by atoms with Crippen molar-refractivity contribution in [1.82, 2.24) is 23.9 Å². The van der Waals surface area contributed by atoms with E-state index in [1.54, 1.807) is 12.3 Å². The monoisotopic (exact) mass is 467 g/mol. The first-order valence-electron chi connectivity index (χ1n) is 10.6. The van der Waals surface area contributed by atoms with Gasteiger partial charge in [-0.15, -0.1) is 0 Å². The molecule has 0 saturated carbocycles. The van der Waals surface area contributed by atoms with E-state index >= 15 is 0 Å². The summed E-state index contributed by atoms with van der Waals surface area (Å²) in [7, 11) is 0. The molecule has 5 rings (SSSR count). The number of nitro groups is 1. The second-order valence-electron chi connectivity index (χ2n) is 7.80. The van der Waals surface area contributed by atoms with Crippen molar-refractivity contribution in [3.05, 3.63) is 93.3 Å². The molecular formula is C24H17N7O4. The molecule has 0 unspecified atom stereocenters. The largest absolute Gasteiger partial charge is 0.346 e. The molecule has 0 spiro atoms. The van der Waals surface area contributed by atoms with Gasteiger partial charge in [-0.3, -0.25) is 24.3 Å². The number of benzene rings is 2. The van der Waals surface area contributed by atoms with Crippen LogP contribution in [-0.4, -0.2) is 34.6 Å². The zero-order valence-corrected chi connectivity index (χ0v) is 18.2. The van der Waals surface area contributed by atoms with Gasteiger partial charge in [-0.05, 0) is 12.1 Å². The van der Waals surface area contributed by atoms with Crippen molar-refractivity contribution in [2.24, 2.45) is 0 Å². The third-order valence-corrected chi connectivity index (χ3v) is 5.73. The molecule has 0 saturated heterocycles. The van der Waals surface area contributed by atoms with Gasteiger partial charge in [-0.2, -0.15) is 10.4 Å². The average molecular weight is 467 g/mol. The molecule has 0 fully saturated rings. The summed E-state index contributed by atoms with van der Waals surface area (Å²) in [4.78, 5) is 41.5. The summed E-state index contributed by atoms with van der Waals surface area (Å²) < 4.78 is 4.29. The molecular weight excluding hydrogens is 450 g/mol. The Morgan fingerprint density at radius 1 is 1.09 bits per heavy atom. The van der Waals surface area contributed by atoms with E-state index in [4.69, 9.17) is 5.26 Å². The van der Waals surface area contributed by atoms with Crippen molar-refractivity contribution < 1.29 is 9.72 Å². The Morgan fingerprint density at radius 2 is 1.86 bits per heavy atom. The van der Waals surface area contributed by atoms with Crippen LogP contribution in [0.25, 0.3) is 27.6 Å². The van der Waals surface area contributed by atoms with Gasteiger partial charge in [-0.1, -0.05) is 30.3 Å². The van der Waals surface area contributed by atoms with Crippen molar-refractivity contribution in [3.8, 4) is 11.8 Å². The molecule has 2 aromatic carbocycles. The standard InChI is InChI=1S/C24H17N7O4/c25-10-5-11-28-13-18(16-6-1-2-7-19(16)28)22(32)14-29-15-26-23-17(24(29)33)12-27-30(23)20-8-3-4-9-21(20)31(34)35/h1-4,6-9,12-13,15H,5,11,14H2. The number of Topliss-reactive ketones (excluding diaryl/α,β-unsaturated/α-hetero) is 1. The van der Waals surface area contributed by atoms with Gasteiger partial charge in [0, 0.05) is 35.3 Å². The normalized spacial score (nSPS) is 11.1. The topological polar surface area (TPSA) is 142 Å². The molecule has 3 aromatic heterocycles. The summed E-state index contributed by atoms with van der Waals surface area (Å²) in [6.45, 7) is 0.202. The molecule has 0 aliphatic rings. The van der Waals surface area contributed by atoms with Crippen LogP contribution in [0.15, 0.2) is 72.0 Å². The lowest BCUT2D eigenvalue weighted by Gasteiger charge is -2.06. The van der Waals surface area contributed by atoms with Crippen LogP contribution >= 0.6 is 0 Å². The second kappa shape index (κ2) is 8.68. The summed E-state index contributed by atoms with van der Waals surface area (Å²) in [5, 5.41) is 25.3. The molecule has 11 heteroatoms. The van der Waals surface area contributed by atoms with Crippen molar-refractivity contribution in [3.63, 3.8) is 0 Å². The molecule has 0 aliphatic heterocycles. The maximum Gasteiger partial charge on any atom is 0.294 e. The van der Waals surface area contributed by atoms with Crippen molar-refractivity contribution in [1.29, 1.82) is 5.26 Å². The molecule has 35 heavy (non-hydrogen) atoms. The number of nitrogens with zero attached hydrogens (tertiary/aromatic N) is 7. The maximum absolute atomic E-state index is 13.2. The van der Waals surface area contributed by atoms with Crippen LogP contribution in [-0.2, 0) is 13.1 Å². The van der Waals surface area contributed by atoms with Gasteiger partial charge in [0.25, 0.3) is 11.2 Å². The predicted molar refractivity (Wildman–Crippen MR) is 126 cm³/mol. The number of rotatable bonds is 7. The fourth-order valence-corrected chi connectivity index (χ4v) is 4.10.